The van der Waals surface area contributed by atoms with Gasteiger partial charge in [0.15, 0.2) is 0 Å². The Labute approximate surface area is 70.9 Å². The van der Waals surface area contributed by atoms with Gasteiger partial charge in [0.05, 0.1) is 0 Å². The summed E-state index contributed by atoms with van der Waals surface area (Å²) in [5.41, 5.74) is 0. The van der Waals surface area contributed by atoms with Gasteiger partial charge in [-0.15, -0.1) is 0 Å². The molecule has 0 aromatic heterocycles. The second-order valence-corrected chi connectivity index (χ2v) is 4.71. The maximum absolute atomic E-state index is 9.20. The predicted octanol–water partition coefficient (Wildman–Crippen LogP) is -0.865. The quantitative estimate of drug-likeness (QED) is 0.342. The van der Waals surface area contributed by atoms with Crippen LogP contribution in [0.3, 0.4) is 0 Å². The molecule has 0 aromatic carbocycles. The van der Waals surface area contributed by atoms with E-state index in [0.717, 1.165) is 0 Å². The summed E-state index contributed by atoms with van der Waals surface area (Å²) in [4.78, 5) is 9.20. The molecule has 0 amide bonds. The molecule has 76 valence electrons. The van der Waals surface area contributed by atoms with E-state index in [1.807, 2.05) is 6.92 Å². The van der Waals surface area contributed by atoms with E-state index in [4.69, 9.17) is 19.8 Å². The van der Waals surface area contributed by atoms with Gasteiger partial charge < -0.3 is 0 Å². The third kappa shape index (κ3) is 6.87. The average Bonchev–Trinajstić information content (AvgIpc) is 1.78. The predicted molar refractivity (Wildman–Crippen MR) is 43.2 cm³/mol. The zero-order valence-corrected chi connectivity index (χ0v) is 8.02. The van der Waals surface area contributed by atoms with Gasteiger partial charge in [-0.3, -0.25) is 0 Å². The van der Waals surface area contributed by atoms with Crippen LogP contribution in [0.5, 0.6) is 0 Å². The molecule has 0 aliphatic rings. The van der Waals surface area contributed by atoms with Crippen LogP contribution in [0.25, 0.3) is 0 Å². The molecule has 6 nitrogen and oxygen atoms in total. The molecule has 0 aromatic rings. The molecule has 0 atom stereocenters. The first-order valence-corrected chi connectivity index (χ1v) is 5.77. The number of aliphatic hydroxyl groups is 3. The SMILES string of the molecule is CCCO[PH](C)(O)OC(O)(O)O. The molecule has 0 saturated heterocycles. The molecule has 0 rings (SSSR count). The van der Waals surface area contributed by atoms with Crippen molar-refractivity contribution in [3.8, 4) is 0 Å². The molecule has 0 fully saturated rings. The minimum absolute atomic E-state index is 0.231. The summed E-state index contributed by atoms with van der Waals surface area (Å²) >= 11 is 0. The Morgan fingerprint density at radius 1 is 1.33 bits per heavy atom. The fraction of sp³-hybridized carbons (Fsp3) is 1.00. The first-order chi connectivity index (χ1) is 5.27. The molecule has 0 saturated carbocycles. The van der Waals surface area contributed by atoms with Crippen molar-refractivity contribution in [2.45, 2.75) is 19.5 Å². The Balaban J connectivity index is 3.86. The van der Waals surface area contributed by atoms with Gasteiger partial charge in [0, 0.05) is 0 Å². The fourth-order valence-electron chi connectivity index (χ4n) is 0.575. The Kier molecular flexibility index (Phi) is 4.50. The standard InChI is InChI=1S/C5H15O6P/c1-3-4-10-12(2,9)11-5(6,7)8/h6-9,12H,3-4H2,1-2H3. The van der Waals surface area contributed by atoms with Crippen molar-refractivity contribution in [1.29, 1.82) is 0 Å². The van der Waals surface area contributed by atoms with Crippen LogP contribution >= 0.6 is 7.94 Å². The normalized spacial score (nSPS) is 14.8. The summed E-state index contributed by atoms with van der Waals surface area (Å²) in [6.45, 7) is 3.21. The van der Waals surface area contributed by atoms with Gasteiger partial charge in [-0.2, -0.15) is 0 Å². The molecule has 0 radical (unpaired) electrons. The van der Waals surface area contributed by atoms with E-state index in [1.165, 1.54) is 6.66 Å². The van der Waals surface area contributed by atoms with Crippen LogP contribution in [0.2, 0.25) is 0 Å². The molecule has 0 heterocycles. The number of hydrogen-bond acceptors (Lipinski definition) is 6. The van der Waals surface area contributed by atoms with Crippen LogP contribution < -0.4 is 0 Å². The Morgan fingerprint density at radius 3 is 2.17 bits per heavy atom. The summed E-state index contributed by atoms with van der Waals surface area (Å²) < 4.78 is 8.81. The van der Waals surface area contributed by atoms with Crippen LogP contribution in [0.4, 0.5) is 0 Å². The summed E-state index contributed by atoms with van der Waals surface area (Å²) in [6.07, 6.45) is -2.68. The van der Waals surface area contributed by atoms with Gasteiger partial charge in [-0.1, -0.05) is 0 Å². The monoisotopic (exact) mass is 202 g/mol. The van der Waals surface area contributed by atoms with Crippen molar-refractivity contribution in [1.82, 2.24) is 0 Å². The van der Waals surface area contributed by atoms with Crippen molar-refractivity contribution < 1.29 is 29.3 Å². The van der Waals surface area contributed by atoms with Gasteiger partial charge in [0.25, 0.3) is 0 Å². The molecule has 0 aliphatic heterocycles. The molecule has 0 aliphatic carbocycles. The van der Waals surface area contributed by atoms with Crippen molar-refractivity contribution in [3.63, 3.8) is 0 Å². The van der Waals surface area contributed by atoms with Crippen LogP contribution in [0.1, 0.15) is 13.3 Å². The second-order valence-electron chi connectivity index (χ2n) is 2.42. The zero-order chi connectivity index (χ0) is 9.83. The Bertz CT molecular complexity index is 130. The Morgan fingerprint density at radius 2 is 1.83 bits per heavy atom. The van der Waals surface area contributed by atoms with E-state index in [1.54, 1.807) is 0 Å². The van der Waals surface area contributed by atoms with E-state index >= 15 is 0 Å². The molecular formula is C5H15O6P. The first-order valence-electron chi connectivity index (χ1n) is 3.50. The number of rotatable bonds is 5. The third-order valence-electron chi connectivity index (χ3n) is 0.900. The topological polar surface area (TPSA) is 99.4 Å². The van der Waals surface area contributed by atoms with Gasteiger partial charge in [-0.05, 0) is 0 Å². The summed E-state index contributed by atoms with van der Waals surface area (Å²) in [7, 11) is -3.61. The molecule has 0 bridgehead atoms. The van der Waals surface area contributed by atoms with E-state index in [9.17, 15) is 4.89 Å². The van der Waals surface area contributed by atoms with Gasteiger partial charge >= 0.3 is 70.0 Å². The molecular weight excluding hydrogens is 187 g/mol. The minimum atomic E-state index is -3.61. The average molecular weight is 202 g/mol. The van der Waals surface area contributed by atoms with Crippen LogP contribution in [0.15, 0.2) is 0 Å². The van der Waals surface area contributed by atoms with Crippen LogP contribution in [-0.2, 0) is 9.05 Å². The van der Waals surface area contributed by atoms with Crippen LogP contribution in [-0.4, -0.2) is 39.6 Å². The van der Waals surface area contributed by atoms with Crippen molar-refractivity contribution in [3.05, 3.63) is 0 Å². The summed E-state index contributed by atoms with van der Waals surface area (Å²) in [6, 6.07) is 0. The Hall–Kier alpha value is 0.190. The molecule has 0 spiro atoms. The van der Waals surface area contributed by atoms with Crippen molar-refractivity contribution >= 4 is 7.94 Å². The first kappa shape index (κ1) is 12.2. The van der Waals surface area contributed by atoms with E-state index in [0.29, 0.717) is 6.42 Å². The van der Waals surface area contributed by atoms with Crippen molar-refractivity contribution in [2.24, 2.45) is 0 Å². The summed E-state index contributed by atoms with van der Waals surface area (Å²) in [5, 5.41) is 25.0. The van der Waals surface area contributed by atoms with Crippen LogP contribution in [0, 0.1) is 0 Å². The number of hydrogen-bond donors (Lipinski definition) is 4. The molecule has 4 N–H and O–H groups in total. The third-order valence-corrected chi connectivity index (χ3v) is 2.29. The molecule has 7 heteroatoms. The summed E-state index contributed by atoms with van der Waals surface area (Å²) in [5.74, 6) is 0. The van der Waals surface area contributed by atoms with E-state index in [-0.39, 0.29) is 6.61 Å². The van der Waals surface area contributed by atoms with E-state index in [2.05, 4.69) is 4.52 Å². The zero-order valence-electron chi connectivity index (χ0n) is 7.02. The van der Waals surface area contributed by atoms with E-state index < -0.39 is 14.1 Å². The molecule has 0 unspecified atom stereocenters. The van der Waals surface area contributed by atoms with Gasteiger partial charge in [-0.25, -0.2) is 0 Å². The van der Waals surface area contributed by atoms with Gasteiger partial charge in [0.2, 0.25) is 0 Å². The van der Waals surface area contributed by atoms with Crippen molar-refractivity contribution in [2.75, 3.05) is 13.3 Å². The maximum atomic E-state index is 9.20. The fourth-order valence-corrected chi connectivity index (χ4v) is 1.72. The van der Waals surface area contributed by atoms with Gasteiger partial charge in [0.1, 0.15) is 0 Å². The molecule has 12 heavy (non-hydrogen) atoms. The second kappa shape index (κ2) is 4.43.